The van der Waals surface area contributed by atoms with Gasteiger partial charge >= 0.3 is 5.97 Å². The maximum atomic E-state index is 13.0. The minimum atomic E-state index is -1.21. The van der Waals surface area contributed by atoms with Crippen LogP contribution in [-0.4, -0.2) is 28.7 Å². The number of aromatic nitrogens is 1. The van der Waals surface area contributed by atoms with Crippen LogP contribution in [-0.2, 0) is 20.9 Å². The van der Waals surface area contributed by atoms with Crippen molar-refractivity contribution in [1.82, 2.24) is 4.57 Å². The Morgan fingerprint density at radius 3 is 2.42 bits per heavy atom. The van der Waals surface area contributed by atoms with Gasteiger partial charge in [0.2, 0.25) is 0 Å². The minimum Gasteiger partial charge on any atom is -0.478 e. The molecule has 0 spiro atoms. The van der Waals surface area contributed by atoms with Crippen molar-refractivity contribution in [1.29, 1.82) is 0 Å². The molecular formula is C23H25ClN2O4S. The molecule has 0 aliphatic carbocycles. The summed E-state index contributed by atoms with van der Waals surface area (Å²) in [4.78, 5) is 30.0. The number of hydrogen-bond acceptors (Lipinski definition) is 5. The van der Waals surface area contributed by atoms with Crippen LogP contribution in [0.1, 0.15) is 31.9 Å². The van der Waals surface area contributed by atoms with Crippen LogP contribution in [0.5, 0.6) is 5.75 Å². The fourth-order valence-electron chi connectivity index (χ4n) is 2.96. The number of ether oxygens (including phenoxy) is 2. The maximum absolute atomic E-state index is 13.0. The summed E-state index contributed by atoms with van der Waals surface area (Å²) in [5, 5.41) is 0.581. The molecule has 0 aliphatic rings. The van der Waals surface area contributed by atoms with Gasteiger partial charge in [-0.25, -0.2) is 0 Å². The van der Waals surface area contributed by atoms with Gasteiger partial charge in [-0.05, 0) is 82.1 Å². The highest BCUT2D eigenvalue weighted by Crippen LogP contribution is 2.24. The number of aryl methyl sites for hydroxylation is 2. The third kappa shape index (κ3) is 5.35. The smallest absolute Gasteiger partial charge is 0.326 e. The van der Waals surface area contributed by atoms with Crippen molar-refractivity contribution < 1.29 is 19.1 Å². The predicted molar refractivity (Wildman–Crippen MR) is 123 cm³/mol. The van der Waals surface area contributed by atoms with E-state index in [1.54, 1.807) is 49.6 Å². The largest absolute Gasteiger partial charge is 0.478 e. The van der Waals surface area contributed by atoms with Crippen molar-refractivity contribution in [3.8, 4) is 5.75 Å². The number of benzene rings is 2. The quantitative estimate of drug-likeness (QED) is 0.494. The highest BCUT2D eigenvalue weighted by Gasteiger charge is 2.30. The molecule has 164 valence electrons. The molecule has 8 heteroatoms. The molecule has 2 aromatic carbocycles. The molecule has 1 aromatic heterocycles. The molecule has 0 N–H and O–H groups in total. The lowest BCUT2D eigenvalue weighted by molar-refractivity contribution is -0.143. The first-order valence-corrected chi connectivity index (χ1v) is 11.1. The van der Waals surface area contributed by atoms with Crippen molar-refractivity contribution >= 4 is 45.0 Å². The zero-order valence-corrected chi connectivity index (χ0v) is 19.8. The van der Waals surface area contributed by atoms with E-state index in [-0.39, 0.29) is 19.1 Å². The van der Waals surface area contributed by atoms with Gasteiger partial charge in [0.15, 0.2) is 10.4 Å². The monoisotopic (exact) mass is 460 g/mol. The molecule has 0 aliphatic heterocycles. The first kappa shape index (κ1) is 23.0. The minimum absolute atomic E-state index is 0.0269. The normalized spacial score (nSPS) is 12.3. The van der Waals surface area contributed by atoms with E-state index in [1.807, 2.05) is 26.0 Å². The van der Waals surface area contributed by atoms with Crippen LogP contribution >= 0.6 is 22.9 Å². The number of nitrogens with zero attached hydrogens (tertiary/aromatic N) is 2. The Morgan fingerprint density at radius 1 is 1.13 bits per heavy atom. The second kappa shape index (κ2) is 9.24. The van der Waals surface area contributed by atoms with Crippen LogP contribution in [0.4, 0.5) is 0 Å². The average molecular weight is 461 g/mol. The second-order valence-electron chi connectivity index (χ2n) is 7.66. The molecule has 0 saturated heterocycles. The van der Waals surface area contributed by atoms with Gasteiger partial charge in [-0.1, -0.05) is 22.9 Å². The summed E-state index contributed by atoms with van der Waals surface area (Å²) in [6.07, 6.45) is 0. The summed E-state index contributed by atoms with van der Waals surface area (Å²) in [5.41, 5.74) is 1.84. The molecule has 0 unspecified atom stereocenters. The number of amides is 1. The van der Waals surface area contributed by atoms with E-state index in [0.29, 0.717) is 15.6 Å². The van der Waals surface area contributed by atoms with Gasteiger partial charge in [-0.15, -0.1) is 0 Å². The summed E-state index contributed by atoms with van der Waals surface area (Å²) < 4.78 is 13.6. The van der Waals surface area contributed by atoms with Crippen LogP contribution in [0.25, 0.3) is 10.2 Å². The van der Waals surface area contributed by atoms with E-state index < -0.39 is 11.5 Å². The van der Waals surface area contributed by atoms with Crippen LogP contribution in [0, 0.1) is 13.8 Å². The molecule has 6 nitrogen and oxygen atoms in total. The molecule has 0 saturated carbocycles. The number of hydrogen-bond donors (Lipinski definition) is 0. The standard InChI is InChI=1S/C23H25ClN2O4S/c1-6-29-20(27)13-26-18-11-14(2)15(3)12-19(18)31-22(26)25-21(28)23(4,5)30-17-9-7-16(24)8-10-17/h7-12H,6,13H2,1-5H3. The summed E-state index contributed by atoms with van der Waals surface area (Å²) in [6, 6.07) is 10.8. The molecule has 0 atom stereocenters. The van der Waals surface area contributed by atoms with Crippen molar-refractivity contribution in [2.24, 2.45) is 4.99 Å². The van der Waals surface area contributed by atoms with E-state index in [2.05, 4.69) is 4.99 Å². The van der Waals surface area contributed by atoms with Crippen LogP contribution in [0.2, 0.25) is 5.02 Å². The van der Waals surface area contributed by atoms with Crippen molar-refractivity contribution in [2.45, 2.75) is 46.8 Å². The van der Waals surface area contributed by atoms with Gasteiger partial charge in [0.25, 0.3) is 5.91 Å². The Bertz CT molecular complexity index is 1190. The van der Waals surface area contributed by atoms with Crippen LogP contribution in [0.3, 0.4) is 0 Å². The number of carbonyl (C=O) groups is 2. The predicted octanol–water partition coefficient (Wildman–Crippen LogP) is 4.82. The van der Waals surface area contributed by atoms with E-state index >= 15 is 0 Å². The Hall–Kier alpha value is -2.64. The first-order valence-electron chi connectivity index (χ1n) is 9.90. The zero-order valence-electron chi connectivity index (χ0n) is 18.2. The Kier molecular flexibility index (Phi) is 6.86. The molecule has 3 aromatic rings. The van der Waals surface area contributed by atoms with Gasteiger partial charge < -0.3 is 14.0 Å². The summed E-state index contributed by atoms with van der Waals surface area (Å²) in [5.74, 6) is -0.328. The Labute approximate surface area is 190 Å². The number of thiazole rings is 1. The van der Waals surface area contributed by atoms with Crippen molar-refractivity contribution in [2.75, 3.05) is 6.61 Å². The molecule has 0 fully saturated rings. The van der Waals surface area contributed by atoms with Gasteiger partial charge in [0, 0.05) is 5.02 Å². The van der Waals surface area contributed by atoms with E-state index in [9.17, 15) is 9.59 Å². The van der Waals surface area contributed by atoms with E-state index in [0.717, 1.165) is 21.3 Å². The number of fused-ring (bicyclic) bond motifs is 1. The fraction of sp³-hybridized carbons (Fsp3) is 0.348. The molecule has 1 heterocycles. The number of rotatable bonds is 6. The lowest BCUT2D eigenvalue weighted by atomic mass is 10.1. The number of carbonyl (C=O) groups excluding carboxylic acids is 2. The lowest BCUT2D eigenvalue weighted by Crippen LogP contribution is -2.38. The Balaban J connectivity index is 2.03. The van der Waals surface area contributed by atoms with Crippen LogP contribution < -0.4 is 9.54 Å². The number of halogens is 1. The maximum Gasteiger partial charge on any atom is 0.326 e. The van der Waals surface area contributed by atoms with Crippen molar-refractivity contribution in [3.05, 3.63) is 57.3 Å². The third-order valence-corrected chi connectivity index (χ3v) is 6.08. The lowest BCUT2D eigenvalue weighted by Gasteiger charge is -2.22. The van der Waals surface area contributed by atoms with E-state index in [4.69, 9.17) is 21.1 Å². The van der Waals surface area contributed by atoms with Gasteiger partial charge in [-0.2, -0.15) is 4.99 Å². The zero-order chi connectivity index (χ0) is 22.8. The molecule has 31 heavy (non-hydrogen) atoms. The SMILES string of the molecule is CCOC(=O)Cn1c(=NC(=O)C(C)(C)Oc2ccc(Cl)cc2)sc2cc(C)c(C)cc21. The molecule has 0 radical (unpaired) electrons. The van der Waals surface area contributed by atoms with Crippen LogP contribution in [0.15, 0.2) is 41.4 Å². The molecule has 3 rings (SSSR count). The summed E-state index contributed by atoms with van der Waals surface area (Å²) in [6.45, 7) is 9.36. The van der Waals surface area contributed by atoms with E-state index in [1.165, 1.54) is 11.3 Å². The first-order chi connectivity index (χ1) is 14.6. The Morgan fingerprint density at radius 2 is 1.77 bits per heavy atom. The molecule has 1 amide bonds. The highest BCUT2D eigenvalue weighted by molar-refractivity contribution is 7.16. The third-order valence-electron chi connectivity index (χ3n) is 4.79. The highest BCUT2D eigenvalue weighted by atomic mass is 35.5. The summed E-state index contributed by atoms with van der Waals surface area (Å²) in [7, 11) is 0. The topological polar surface area (TPSA) is 69.9 Å². The molecular weight excluding hydrogens is 436 g/mol. The second-order valence-corrected chi connectivity index (χ2v) is 9.11. The summed E-state index contributed by atoms with van der Waals surface area (Å²) >= 11 is 7.27. The average Bonchev–Trinajstić information content (AvgIpc) is 3.00. The van der Waals surface area contributed by atoms with Gasteiger partial charge in [0.1, 0.15) is 12.3 Å². The van der Waals surface area contributed by atoms with Gasteiger partial charge in [-0.3, -0.25) is 9.59 Å². The molecule has 0 bridgehead atoms. The fourth-order valence-corrected chi connectivity index (χ4v) is 4.19. The van der Waals surface area contributed by atoms with Gasteiger partial charge in [0.05, 0.1) is 16.8 Å². The van der Waals surface area contributed by atoms with Crippen molar-refractivity contribution in [3.63, 3.8) is 0 Å². The number of esters is 1.